The summed E-state index contributed by atoms with van der Waals surface area (Å²) in [4.78, 5) is 1.35. The summed E-state index contributed by atoms with van der Waals surface area (Å²) in [5.74, 6) is 0. The molecule has 11 aromatic rings. The zero-order valence-electron chi connectivity index (χ0n) is 32.9. The van der Waals surface area contributed by atoms with E-state index in [4.69, 9.17) is 8.78 Å². The number of fused-ring (bicyclic) bond motifs is 7. The van der Waals surface area contributed by atoms with Crippen LogP contribution in [0, 0.1) is 0 Å². The molecule has 0 N–H and O–H groups in total. The van der Waals surface area contributed by atoms with Gasteiger partial charge in [-0.2, -0.15) is 4.36 Å². The van der Waals surface area contributed by atoms with E-state index in [1.165, 1.54) is 21.8 Å². The SMILES string of the molecule is O=S1(c2ccccc2)=Nc2ccccc2C(c2ccccc2)=C1c1cccc2oc3ccc(-c4cccc(-c5ccc6c(c5)c5ccccc5n6-c5ccccc5)c4)cc3c12. The predicted molar refractivity (Wildman–Crippen MR) is 253 cm³/mol. The monoisotopic (exact) mass is 800 g/mol. The Labute approximate surface area is 353 Å². The number of benzene rings is 9. The lowest BCUT2D eigenvalue weighted by Crippen LogP contribution is -2.11. The van der Waals surface area contributed by atoms with Gasteiger partial charge in [0.25, 0.3) is 0 Å². The van der Waals surface area contributed by atoms with Gasteiger partial charge < -0.3 is 8.98 Å². The highest BCUT2D eigenvalue weighted by atomic mass is 32.2. The molecule has 12 rings (SSSR count). The van der Waals surface area contributed by atoms with E-state index in [0.29, 0.717) is 15.5 Å². The first-order valence-corrected chi connectivity index (χ1v) is 22.0. The molecule has 0 saturated heterocycles. The summed E-state index contributed by atoms with van der Waals surface area (Å²) in [5, 5.41) is 4.31. The Hall–Kier alpha value is -7.73. The number of hydrogen-bond donors (Lipinski definition) is 0. The number of para-hydroxylation sites is 2. The maximum absolute atomic E-state index is 16.0. The fourth-order valence-electron chi connectivity index (χ4n) is 9.24. The Morgan fingerprint density at radius 2 is 1.02 bits per heavy atom. The number of aromatic nitrogens is 1. The van der Waals surface area contributed by atoms with E-state index in [1.54, 1.807) is 0 Å². The Bertz CT molecular complexity index is 3690. The van der Waals surface area contributed by atoms with Gasteiger partial charge in [-0.1, -0.05) is 146 Å². The van der Waals surface area contributed by atoms with E-state index in [-0.39, 0.29) is 0 Å². The second-order valence-corrected chi connectivity index (χ2v) is 17.6. The second kappa shape index (κ2) is 13.9. The summed E-state index contributed by atoms with van der Waals surface area (Å²) in [6.45, 7) is 0. The van der Waals surface area contributed by atoms with E-state index in [1.807, 2.05) is 78.9 Å². The fourth-order valence-corrected chi connectivity index (χ4v) is 11.6. The van der Waals surface area contributed by atoms with Gasteiger partial charge in [0.1, 0.15) is 20.9 Å². The lowest BCUT2D eigenvalue weighted by molar-refractivity contribution is 0.669. The van der Waals surface area contributed by atoms with Crippen molar-refractivity contribution < 1.29 is 8.63 Å². The number of nitrogens with zero attached hydrogens (tertiary/aromatic N) is 2. The third-order valence-corrected chi connectivity index (χ3v) is 14.3. The molecule has 0 radical (unpaired) electrons. The molecule has 1 unspecified atom stereocenters. The molecule has 0 amide bonds. The van der Waals surface area contributed by atoms with Crippen LogP contribution in [0.3, 0.4) is 0 Å². The summed E-state index contributed by atoms with van der Waals surface area (Å²) in [5.41, 5.74) is 13.9. The third-order valence-electron chi connectivity index (χ3n) is 12.0. The van der Waals surface area contributed by atoms with Crippen molar-refractivity contribution in [3.8, 4) is 27.9 Å². The van der Waals surface area contributed by atoms with Crippen molar-refractivity contribution in [3.63, 3.8) is 0 Å². The zero-order valence-corrected chi connectivity index (χ0v) is 33.7. The summed E-state index contributed by atoms with van der Waals surface area (Å²) >= 11 is 0. The van der Waals surface area contributed by atoms with E-state index in [0.717, 1.165) is 72.1 Å². The van der Waals surface area contributed by atoms with Gasteiger partial charge in [-0.3, -0.25) is 0 Å². The highest BCUT2D eigenvalue weighted by Gasteiger charge is 2.33. The maximum Gasteiger partial charge on any atom is 0.136 e. The van der Waals surface area contributed by atoms with Crippen molar-refractivity contribution in [3.05, 3.63) is 235 Å². The Balaban J connectivity index is 1.05. The van der Waals surface area contributed by atoms with E-state index < -0.39 is 9.73 Å². The molecule has 0 saturated carbocycles. The first-order valence-electron chi connectivity index (χ1n) is 20.5. The lowest BCUT2D eigenvalue weighted by Gasteiger charge is -2.26. The quantitative estimate of drug-likeness (QED) is 0.168. The predicted octanol–water partition coefficient (Wildman–Crippen LogP) is 15.1. The molecule has 2 aromatic heterocycles. The molecule has 3 heterocycles. The van der Waals surface area contributed by atoms with Crippen LogP contribution in [0.25, 0.3) is 82.2 Å². The second-order valence-electron chi connectivity index (χ2n) is 15.5. The first kappa shape index (κ1) is 35.2. The van der Waals surface area contributed by atoms with E-state index in [9.17, 15) is 0 Å². The zero-order chi connectivity index (χ0) is 40.5. The van der Waals surface area contributed by atoms with E-state index >= 15 is 4.21 Å². The largest absolute Gasteiger partial charge is 0.456 e. The van der Waals surface area contributed by atoms with Crippen molar-refractivity contribution in [2.75, 3.05) is 0 Å². The number of hydrogen-bond acceptors (Lipinski definition) is 3. The standard InChI is InChI=1S/C56H36N2O2S/c59-61(43-22-8-3-9-23-43)56(54(37-16-4-1-5-17-37)45-25-10-12-27-49(45)57-61)46-26-15-29-53-55(46)48-36-41(31-33-52(48)60-53)39-19-14-18-38(34-39)40-30-32-51-47(35-40)44-24-11-13-28-50(44)58(51)42-20-6-2-7-21-42/h1-36H. The van der Waals surface area contributed by atoms with Gasteiger partial charge in [0.15, 0.2) is 0 Å². The van der Waals surface area contributed by atoms with Gasteiger partial charge in [0.2, 0.25) is 0 Å². The molecule has 0 spiro atoms. The Kier molecular flexibility index (Phi) is 8.05. The van der Waals surface area contributed by atoms with Crippen LogP contribution in [0.15, 0.2) is 232 Å². The molecule has 1 atom stereocenters. The van der Waals surface area contributed by atoms with Crippen LogP contribution in [0.4, 0.5) is 5.69 Å². The van der Waals surface area contributed by atoms with Crippen LogP contribution in [-0.4, -0.2) is 8.78 Å². The number of rotatable bonds is 6. The molecular formula is C56H36N2O2S. The summed E-state index contributed by atoms with van der Waals surface area (Å²) < 4.78 is 30.1. The van der Waals surface area contributed by atoms with E-state index in [2.05, 4.69) is 144 Å². The van der Waals surface area contributed by atoms with Gasteiger partial charge in [-0.25, -0.2) is 4.21 Å². The van der Waals surface area contributed by atoms with Crippen LogP contribution >= 0.6 is 0 Å². The highest BCUT2D eigenvalue weighted by Crippen LogP contribution is 2.50. The molecule has 0 fully saturated rings. The van der Waals surface area contributed by atoms with Crippen LogP contribution in [-0.2, 0) is 9.73 Å². The molecule has 288 valence electrons. The normalized spacial score (nSPS) is 15.1. The van der Waals surface area contributed by atoms with Gasteiger partial charge >= 0.3 is 0 Å². The van der Waals surface area contributed by atoms with Gasteiger partial charge in [-0.15, -0.1) is 0 Å². The minimum Gasteiger partial charge on any atom is -0.456 e. The smallest absolute Gasteiger partial charge is 0.136 e. The Morgan fingerprint density at radius 3 is 1.82 bits per heavy atom. The average Bonchev–Trinajstić information content (AvgIpc) is 3.87. The molecule has 61 heavy (non-hydrogen) atoms. The summed E-state index contributed by atoms with van der Waals surface area (Å²) in [7, 11) is -3.19. The molecule has 0 bridgehead atoms. The Morgan fingerprint density at radius 1 is 0.426 bits per heavy atom. The molecule has 1 aliphatic heterocycles. The van der Waals surface area contributed by atoms with Crippen molar-refractivity contribution in [1.29, 1.82) is 0 Å². The van der Waals surface area contributed by atoms with Crippen molar-refractivity contribution >= 4 is 69.6 Å². The summed E-state index contributed by atoms with van der Waals surface area (Å²) in [6, 6.07) is 75.3. The van der Waals surface area contributed by atoms with Crippen molar-refractivity contribution in [2.24, 2.45) is 4.36 Å². The van der Waals surface area contributed by atoms with Gasteiger partial charge in [0, 0.05) is 43.9 Å². The minimum absolute atomic E-state index is 0.665. The first-order chi connectivity index (χ1) is 30.1. The minimum atomic E-state index is -3.19. The molecule has 9 aromatic carbocycles. The van der Waals surface area contributed by atoms with Crippen molar-refractivity contribution in [2.45, 2.75) is 4.90 Å². The average molecular weight is 801 g/mol. The highest BCUT2D eigenvalue weighted by molar-refractivity contribution is 8.03. The summed E-state index contributed by atoms with van der Waals surface area (Å²) in [6.07, 6.45) is 0. The van der Waals surface area contributed by atoms with Crippen LogP contribution in [0.2, 0.25) is 0 Å². The number of furan rings is 1. The van der Waals surface area contributed by atoms with Gasteiger partial charge in [0.05, 0.1) is 26.5 Å². The molecule has 0 aliphatic carbocycles. The topological polar surface area (TPSA) is 47.5 Å². The van der Waals surface area contributed by atoms with Crippen LogP contribution in [0.5, 0.6) is 0 Å². The molecule has 4 nitrogen and oxygen atoms in total. The third kappa shape index (κ3) is 5.62. The maximum atomic E-state index is 16.0. The van der Waals surface area contributed by atoms with Crippen LogP contribution < -0.4 is 0 Å². The van der Waals surface area contributed by atoms with Crippen molar-refractivity contribution in [1.82, 2.24) is 4.57 Å². The molecule has 1 aliphatic rings. The fraction of sp³-hybridized carbons (Fsp3) is 0. The van der Waals surface area contributed by atoms with Gasteiger partial charge in [-0.05, 0) is 101 Å². The lowest BCUT2D eigenvalue weighted by atomic mass is 9.92. The van der Waals surface area contributed by atoms with Crippen LogP contribution in [0.1, 0.15) is 16.7 Å². The molecule has 5 heteroatoms. The molecular weight excluding hydrogens is 765 g/mol.